The first-order valence-corrected chi connectivity index (χ1v) is 7.06. The van der Waals surface area contributed by atoms with Gasteiger partial charge in [-0.3, -0.25) is 4.55 Å². The monoisotopic (exact) mass is 266 g/mol. The summed E-state index contributed by atoms with van der Waals surface area (Å²) in [5.41, 5.74) is 0. The summed E-state index contributed by atoms with van der Waals surface area (Å²) < 4.78 is 36.5. The first-order chi connectivity index (χ1) is 7.93. The maximum atomic E-state index is 9.19. The van der Waals surface area contributed by atoms with Crippen molar-refractivity contribution in [2.75, 3.05) is 19.5 Å². The molecular formula is C10H18O6S. The maximum Gasteiger partial charge on any atom is 0.261 e. The van der Waals surface area contributed by atoms with Crippen molar-refractivity contribution >= 4 is 10.1 Å². The van der Waals surface area contributed by atoms with E-state index < -0.39 is 10.1 Å². The largest absolute Gasteiger partial charge is 0.462 e. The van der Waals surface area contributed by atoms with Crippen LogP contribution in [-0.2, 0) is 19.6 Å². The molecule has 1 heterocycles. The molecule has 0 aromatic rings. The van der Waals surface area contributed by atoms with Crippen LogP contribution in [0.4, 0.5) is 0 Å². The molecule has 0 amide bonds. The summed E-state index contributed by atoms with van der Waals surface area (Å²) in [6, 6.07) is 0. The first kappa shape index (κ1) is 16.2. The van der Waals surface area contributed by atoms with Gasteiger partial charge in [0.2, 0.25) is 0 Å². The van der Waals surface area contributed by atoms with E-state index in [9.17, 15) is 8.42 Å². The van der Waals surface area contributed by atoms with Gasteiger partial charge in [0, 0.05) is 13.0 Å². The van der Waals surface area contributed by atoms with Crippen molar-refractivity contribution in [2.24, 2.45) is 0 Å². The molecule has 2 N–H and O–H groups in total. The number of aliphatic hydroxyl groups is 1. The van der Waals surface area contributed by atoms with Crippen molar-refractivity contribution < 1.29 is 27.6 Å². The highest BCUT2D eigenvalue weighted by atomic mass is 32.2. The molecule has 0 aromatic heterocycles. The lowest BCUT2D eigenvalue weighted by molar-refractivity contribution is -0.161. The molecular weight excluding hydrogens is 248 g/mol. The summed E-state index contributed by atoms with van der Waals surface area (Å²) in [5.74, 6) is 2.51. The molecule has 1 unspecified atom stereocenters. The van der Waals surface area contributed by atoms with Gasteiger partial charge in [0.25, 0.3) is 10.1 Å². The molecule has 0 spiro atoms. The van der Waals surface area contributed by atoms with Crippen LogP contribution < -0.4 is 0 Å². The molecule has 1 fully saturated rings. The van der Waals surface area contributed by atoms with Crippen LogP contribution in [0.15, 0.2) is 0 Å². The van der Waals surface area contributed by atoms with Crippen LogP contribution in [0.1, 0.15) is 25.7 Å². The van der Waals surface area contributed by atoms with Crippen molar-refractivity contribution in [1.29, 1.82) is 0 Å². The van der Waals surface area contributed by atoms with E-state index in [1.165, 1.54) is 6.42 Å². The molecule has 0 aliphatic carbocycles. The van der Waals surface area contributed by atoms with Gasteiger partial charge in [-0.25, -0.2) is 0 Å². The topological polar surface area (TPSA) is 93.1 Å². The third-order valence-electron chi connectivity index (χ3n) is 1.75. The minimum absolute atomic E-state index is 0.0424. The van der Waals surface area contributed by atoms with Crippen LogP contribution in [0, 0.1) is 12.0 Å². The zero-order valence-corrected chi connectivity index (χ0v) is 10.6. The minimum Gasteiger partial charge on any atom is -0.462 e. The van der Waals surface area contributed by atoms with Crippen LogP contribution in [-0.4, -0.2) is 43.8 Å². The van der Waals surface area contributed by atoms with Crippen molar-refractivity contribution in [3.63, 3.8) is 0 Å². The van der Waals surface area contributed by atoms with Gasteiger partial charge in [-0.15, -0.1) is 0 Å². The normalized spacial score (nSPS) is 19.5. The Bertz CT molecular complexity index is 326. The highest BCUT2D eigenvalue weighted by Crippen LogP contribution is 2.13. The van der Waals surface area contributed by atoms with Crippen LogP contribution in [0.2, 0.25) is 0 Å². The Labute approximate surface area is 102 Å². The van der Waals surface area contributed by atoms with Gasteiger partial charge in [-0.1, -0.05) is 5.92 Å². The van der Waals surface area contributed by atoms with E-state index in [0.29, 0.717) is 19.3 Å². The molecule has 1 saturated heterocycles. The number of hydrogen-bond acceptors (Lipinski definition) is 5. The molecule has 0 aromatic carbocycles. The van der Waals surface area contributed by atoms with Gasteiger partial charge in [0.05, 0.1) is 12.9 Å². The fourth-order valence-electron chi connectivity index (χ4n) is 1.14. The second-order valence-corrected chi connectivity index (χ2v) is 4.90. The Morgan fingerprint density at radius 2 is 2.12 bits per heavy atom. The van der Waals surface area contributed by atoms with E-state index >= 15 is 0 Å². The molecule has 1 aliphatic rings. The molecule has 1 rings (SSSR count). The molecule has 17 heavy (non-hydrogen) atoms. The Balaban J connectivity index is 0.000000437. The Kier molecular flexibility index (Phi) is 8.80. The third-order valence-corrected chi connectivity index (χ3v) is 1.75. The van der Waals surface area contributed by atoms with Crippen LogP contribution in [0.25, 0.3) is 0 Å². The fraction of sp³-hybridized carbons (Fsp3) is 0.800. The molecule has 0 bridgehead atoms. The second kappa shape index (κ2) is 9.24. The summed E-state index contributed by atoms with van der Waals surface area (Å²) in [5, 5.41) is 8.16. The van der Waals surface area contributed by atoms with Crippen LogP contribution in [0.5, 0.6) is 0 Å². The molecule has 0 saturated carbocycles. The molecule has 1 aliphatic heterocycles. The Hall–Kier alpha value is -0.810. The van der Waals surface area contributed by atoms with Gasteiger partial charge < -0.3 is 14.6 Å². The van der Waals surface area contributed by atoms with Crippen LogP contribution in [0.3, 0.4) is 0 Å². The Morgan fingerprint density at radius 1 is 1.47 bits per heavy atom. The van der Waals surface area contributed by atoms with Gasteiger partial charge in [-0.2, -0.15) is 8.42 Å². The summed E-state index contributed by atoms with van der Waals surface area (Å²) in [6.07, 6.45) is 6.36. The standard InChI is InChI=1S/C9H14O3.CH4O3S/c10-6-2-4-8-12-9-5-1-3-7-11-9;1-5(2,3)4/h9-10H,1,3-5,7-8H2;1H3,(H,2,3,4). The first-order valence-electron chi connectivity index (χ1n) is 5.21. The Morgan fingerprint density at radius 3 is 2.59 bits per heavy atom. The smallest absolute Gasteiger partial charge is 0.261 e. The van der Waals surface area contributed by atoms with Crippen molar-refractivity contribution in [3.8, 4) is 12.0 Å². The lowest BCUT2D eigenvalue weighted by Crippen LogP contribution is -2.22. The van der Waals surface area contributed by atoms with Crippen molar-refractivity contribution in [2.45, 2.75) is 32.0 Å². The zero-order valence-electron chi connectivity index (χ0n) is 9.76. The predicted octanol–water partition coefficient (Wildman–Crippen LogP) is 0.757. The summed E-state index contributed by atoms with van der Waals surface area (Å²) in [6.45, 7) is 1.34. The average molecular weight is 266 g/mol. The van der Waals surface area contributed by atoms with E-state index in [-0.39, 0.29) is 6.29 Å². The summed E-state index contributed by atoms with van der Waals surface area (Å²) >= 11 is 0. The molecule has 7 heteroatoms. The van der Waals surface area contributed by atoms with Crippen molar-refractivity contribution in [1.82, 2.24) is 0 Å². The minimum atomic E-state index is -3.67. The van der Waals surface area contributed by atoms with Gasteiger partial charge >= 0.3 is 0 Å². The lowest BCUT2D eigenvalue weighted by atomic mass is 10.2. The second-order valence-electron chi connectivity index (χ2n) is 3.44. The van der Waals surface area contributed by atoms with Crippen molar-refractivity contribution in [3.05, 3.63) is 0 Å². The van der Waals surface area contributed by atoms with Gasteiger partial charge in [0.1, 0.15) is 6.11 Å². The summed E-state index contributed by atoms with van der Waals surface area (Å²) in [7, 11) is -3.67. The van der Waals surface area contributed by atoms with E-state index in [4.69, 9.17) is 19.1 Å². The predicted molar refractivity (Wildman–Crippen MR) is 61.3 cm³/mol. The highest BCUT2D eigenvalue weighted by Gasteiger charge is 2.12. The van der Waals surface area contributed by atoms with E-state index in [0.717, 1.165) is 19.4 Å². The van der Waals surface area contributed by atoms with Gasteiger partial charge in [-0.05, 0) is 19.3 Å². The molecule has 100 valence electrons. The zero-order chi connectivity index (χ0) is 13.1. The van der Waals surface area contributed by atoms with E-state index in [1.54, 1.807) is 0 Å². The SMILES string of the molecule is CS(=O)(=O)O.OC#CCCOC1CCCCO1. The lowest BCUT2D eigenvalue weighted by Gasteiger charge is -2.22. The number of aliphatic hydroxyl groups excluding tert-OH is 1. The van der Waals surface area contributed by atoms with Crippen LogP contribution >= 0.6 is 0 Å². The van der Waals surface area contributed by atoms with E-state index in [2.05, 4.69) is 5.92 Å². The highest BCUT2D eigenvalue weighted by molar-refractivity contribution is 7.85. The molecule has 0 radical (unpaired) electrons. The van der Waals surface area contributed by atoms with E-state index in [1.807, 2.05) is 6.11 Å². The molecule has 1 atom stereocenters. The van der Waals surface area contributed by atoms with Gasteiger partial charge in [0.15, 0.2) is 6.29 Å². The fourth-order valence-corrected chi connectivity index (χ4v) is 1.14. The maximum absolute atomic E-state index is 9.19. The number of hydrogen-bond donors (Lipinski definition) is 2. The molecule has 6 nitrogen and oxygen atoms in total. The number of rotatable bonds is 3. The third kappa shape index (κ3) is 15.2. The number of ether oxygens (including phenoxy) is 2. The summed E-state index contributed by atoms with van der Waals surface area (Å²) in [4.78, 5) is 0. The average Bonchev–Trinajstić information content (AvgIpc) is 2.24. The quantitative estimate of drug-likeness (QED) is 0.445.